The summed E-state index contributed by atoms with van der Waals surface area (Å²) in [5, 5.41) is 10.8. The molecule has 1 amide bonds. The van der Waals surface area contributed by atoms with Crippen LogP contribution in [0, 0.1) is 13.8 Å². The maximum absolute atomic E-state index is 12.7. The standard InChI is InChI=1S/C22H21N5O3/c1-15-7-6-10-18(11-15)29-13-19-16(2)30-26-20(19)21(28)24-22-23-14-27(25-22)12-17-8-4-3-5-9-17/h3-11,14H,12-13H2,1-2H3,(H,24,25,28). The molecule has 1 N–H and O–H groups in total. The van der Waals surface area contributed by atoms with Gasteiger partial charge in [-0.05, 0) is 37.1 Å². The Morgan fingerprint density at radius 2 is 1.97 bits per heavy atom. The van der Waals surface area contributed by atoms with Crippen molar-refractivity contribution in [3.05, 3.63) is 89.1 Å². The van der Waals surface area contributed by atoms with Gasteiger partial charge in [-0.3, -0.25) is 10.1 Å². The van der Waals surface area contributed by atoms with E-state index in [-0.39, 0.29) is 18.2 Å². The number of aryl methyl sites for hydroxylation is 2. The number of benzene rings is 2. The Morgan fingerprint density at radius 3 is 2.77 bits per heavy atom. The van der Waals surface area contributed by atoms with Crippen LogP contribution in [0.5, 0.6) is 5.75 Å². The van der Waals surface area contributed by atoms with Crippen molar-refractivity contribution in [2.75, 3.05) is 5.32 Å². The van der Waals surface area contributed by atoms with Gasteiger partial charge in [0.1, 0.15) is 24.4 Å². The first-order valence-electron chi connectivity index (χ1n) is 9.48. The van der Waals surface area contributed by atoms with E-state index in [4.69, 9.17) is 9.26 Å². The zero-order valence-electron chi connectivity index (χ0n) is 16.7. The van der Waals surface area contributed by atoms with Gasteiger partial charge in [0.05, 0.1) is 12.1 Å². The Morgan fingerprint density at radius 1 is 1.13 bits per heavy atom. The van der Waals surface area contributed by atoms with Crippen molar-refractivity contribution >= 4 is 11.9 Å². The lowest BCUT2D eigenvalue weighted by Gasteiger charge is -2.07. The number of hydrogen-bond acceptors (Lipinski definition) is 6. The van der Waals surface area contributed by atoms with E-state index in [1.54, 1.807) is 17.9 Å². The number of amides is 1. The number of nitrogens with zero attached hydrogens (tertiary/aromatic N) is 4. The van der Waals surface area contributed by atoms with Gasteiger partial charge in [0.2, 0.25) is 5.95 Å². The van der Waals surface area contributed by atoms with Crippen molar-refractivity contribution in [2.24, 2.45) is 0 Å². The van der Waals surface area contributed by atoms with Crippen molar-refractivity contribution in [3.63, 3.8) is 0 Å². The van der Waals surface area contributed by atoms with E-state index in [0.717, 1.165) is 11.1 Å². The van der Waals surface area contributed by atoms with E-state index >= 15 is 0 Å². The molecule has 0 atom stereocenters. The van der Waals surface area contributed by atoms with Gasteiger partial charge >= 0.3 is 0 Å². The monoisotopic (exact) mass is 403 g/mol. The third-order valence-corrected chi connectivity index (χ3v) is 4.52. The molecule has 0 bridgehead atoms. The first kappa shape index (κ1) is 19.4. The van der Waals surface area contributed by atoms with Gasteiger partial charge < -0.3 is 9.26 Å². The third-order valence-electron chi connectivity index (χ3n) is 4.52. The highest BCUT2D eigenvalue weighted by molar-refractivity contribution is 6.02. The SMILES string of the molecule is Cc1cccc(OCc2c(C(=O)Nc3ncn(Cc4ccccc4)n3)noc2C)c1. The number of rotatable bonds is 7. The number of ether oxygens (including phenoxy) is 1. The van der Waals surface area contributed by atoms with Crippen LogP contribution in [0.25, 0.3) is 0 Å². The van der Waals surface area contributed by atoms with Gasteiger partial charge in [-0.1, -0.05) is 47.6 Å². The maximum Gasteiger partial charge on any atom is 0.280 e. The summed E-state index contributed by atoms with van der Waals surface area (Å²) < 4.78 is 12.7. The third kappa shape index (κ3) is 4.54. The second-order valence-electron chi connectivity index (χ2n) is 6.88. The fourth-order valence-corrected chi connectivity index (χ4v) is 2.96. The van der Waals surface area contributed by atoms with Gasteiger partial charge in [-0.15, -0.1) is 5.10 Å². The molecule has 0 aliphatic heterocycles. The molecule has 4 rings (SSSR count). The van der Waals surface area contributed by atoms with Crippen molar-refractivity contribution in [1.82, 2.24) is 19.9 Å². The number of anilines is 1. The number of nitrogens with one attached hydrogen (secondary N) is 1. The predicted octanol–water partition coefficient (Wildman–Crippen LogP) is 3.76. The normalized spacial score (nSPS) is 10.7. The fourth-order valence-electron chi connectivity index (χ4n) is 2.96. The van der Waals surface area contributed by atoms with Crippen LogP contribution in [-0.4, -0.2) is 25.8 Å². The van der Waals surface area contributed by atoms with Crippen molar-refractivity contribution < 1.29 is 14.1 Å². The summed E-state index contributed by atoms with van der Waals surface area (Å²) in [6.07, 6.45) is 1.57. The minimum absolute atomic E-state index is 0.152. The summed E-state index contributed by atoms with van der Waals surface area (Å²) in [5.74, 6) is 0.980. The molecule has 152 valence electrons. The quantitative estimate of drug-likeness (QED) is 0.505. The Kier molecular flexibility index (Phi) is 5.56. The molecule has 0 fully saturated rings. The molecule has 2 aromatic carbocycles. The maximum atomic E-state index is 12.7. The molecule has 0 aliphatic rings. The van der Waals surface area contributed by atoms with Crippen LogP contribution in [0.15, 0.2) is 65.4 Å². The smallest absolute Gasteiger partial charge is 0.280 e. The van der Waals surface area contributed by atoms with Crippen LogP contribution >= 0.6 is 0 Å². The number of aromatic nitrogens is 4. The van der Waals surface area contributed by atoms with Gasteiger partial charge in [0, 0.05) is 0 Å². The van der Waals surface area contributed by atoms with E-state index < -0.39 is 5.91 Å². The van der Waals surface area contributed by atoms with Crippen LogP contribution in [-0.2, 0) is 13.2 Å². The first-order chi connectivity index (χ1) is 14.6. The molecular formula is C22H21N5O3. The lowest BCUT2D eigenvalue weighted by molar-refractivity contribution is 0.101. The molecule has 4 aromatic rings. The van der Waals surface area contributed by atoms with E-state index in [1.807, 2.05) is 61.5 Å². The average molecular weight is 403 g/mol. The zero-order valence-corrected chi connectivity index (χ0v) is 16.7. The van der Waals surface area contributed by atoms with Crippen LogP contribution in [0.3, 0.4) is 0 Å². The second kappa shape index (κ2) is 8.60. The Balaban J connectivity index is 1.43. The van der Waals surface area contributed by atoms with Crippen molar-refractivity contribution in [1.29, 1.82) is 0 Å². The summed E-state index contributed by atoms with van der Waals surface area (Å²) in [5.41, 5.74) is 2.91. The lowest BCUT2D eigenvalue weighted by atomic mass is 10.2. The van der Waals surface area contributed by atoms with Crippen LogP contribution in [0.2, 0.25) is 0 Å². The largest absolute Gasteiger partial charge is 0.489 e. The highest BCUT2D eigenvalue weighted by atomic mass is 16.5. The van der Waals surface area contributed by atoms with Crippen molar-refractivity contribution in [2.45, 2.75) is 27.0 Å². The highest BCUT2D eigenvalue weighted by Gasteiger charge is 2.21. The van der Waals surface area contributed by atoms with E-state index in [0.29, 0.717) is 23.6 Å². The van der Waals surface area contributed by atoms with E-state index in [2.05, 4.69) is 20.6 Å². The molecule has 2 heterocycles. The predicted molar refractivity (Wildman–Crippen MR) is 110 cm³/mol. The van der Waals surface area contributed by atoms with Crippen molar-refractivity contribution in [3.8, 4) is 5.75 Å². The number of hydrogen-bond donors (Lipinski definition) is 1. The Bertz CT molecular complexity index is 1150. The molecule has 0 unspecified atom stereocenters. The topological polar surface area (TPSA) is 95.1 Å². The minimum atomic E-state index is -0.452. The molecule has 0 saturated carbocycles. The average Bonchev–Trinajstić information content (AvgIpc) is 3.33. The van der Waals surface area contributed by atoms with Crippen LogP contribution in [0.4, 0.5) is 5.95 Å². The number of carbonyl (C=O) groups is 1. The van der Waals surface area contributed by atoms with Gasteiger partial charge in [0.25, 0.3) is 5.91 Å². The molecule has 0 aliphatic carbocycles. The second-order valence-corrected chi connectivity index (χ2v) is 6.88. The molecule has 30 heavy (non-hydrogen) atoms. The van der Waals surface area contributed by atoms with Crippen LogP contribution in [0.1, 0.15) is 32.9 Å². The summed E-state index contributed by atoms with van der Waals surface area (Å²) in [4.78, 5) is 16.9. The molecule has 0 radical (unpaired) electrons. The molecule has 2 aromatic heterocycles. The summed E-state index contributed by atoms with van der Waals surface area (Å²) in [6.45, 7) is 4.45. The fraction of sp³-hybridized carbons (Fsp3) is 0.182. The van der Waals surface area contributed by atoms with E-state index in [9.17, 15) is 4.79 Å². The Hall–Kier alpha value is -3.94. The molecule has 8 nitrogen and oxygen atoms in total. The number of carbonyl (C=O) groups excluding carboxylic acids is 1. The van der Waals surface area contributed by atoms with Gasteiger partial charge in [-0.2, -0.15) is 0 Å². The van der Waals surface area contributed by atoms with Gasteiger partial charge in [0.15, 0.2) is 5.69 Å². The molecule has 0 saturated heterocycles. The van der Waals surface area contributed by atoms with Crippen LogP contribution < -0.4 is 10.1 Å². The van der Waals surface area contributed by atoms with E-state index in [1.165, 1.54) is 0 Å². The summed E-state index contributed by atoms with van der Waals surface area (Å²) >= 11 is 0. The highest BCUT2D eigenvalue weighted by Crippen LogP contribution is 2.19. The summed E-state index contributed by atoms with van der Waals surface area (Å²) in [7, 11) is 0. The first-order valence-corrected chi connectivity index (χ1v) is 9.48. The Labute approximate surface area is 173 Å². The molecular weight excluding hydrogens is 382 g/mol. The molecule has 0 spiro atoms. The minimum Gasteiger partial charge on any atom is -0.489 e. The summed E-state index contributed by atoms with van der Waals surface area (Å²) in [6, 6.07) is 17.6. The zero-order chi connectivity index (χ0) is 20.9. The molecule has 8 heteroatoms. The lowest BCUT2D eigenvalue weighted by Crippen LogP contribution is -2.16. The van der Waals surface area contributed by atoms with Gasteiger partial charge in [-0.25, -0.2) is 9.67 Å².